The molecule has 1 aliphatic heterocycles. The SMILES string of the molecule is O=C(O)c1cccc(Cl)c1CN1CCC(C(O)c2ccc(Cl)cc2)CC1. The summed E-state index contributed by atoms with van der Waals surface area (Å²) in [7, 11) is 0. The molecule has 0 aliphatic carbocycles. The number of aliphatic hydroxyl groups is 1. The molecule has 1 saturated heterocycles. The Morgan fingerprint density at radius 1 is 1.12 bits per heavy atom. The van der Waals surface area contributed by atoms with Crippen LogP contribution in [-0.2, 0) is 6.54 Å². The molecule has 0 aromatic heterocycles. The van der Waals surface area contributed by atoms with Crippen LogP contribution >= 0.6 is 23.2 Å². The fourth-order valence-corrected chi connectivity index (χ4v) is 3.86. The predicted molar refractivity (Wildman–Crippen MR) is 103 cm³/mol. The number of benzene rings is 2. The molecule has 0 spiro atoms. The molecule has 6 heteroatoms. The lowest BCUT2D eigenvalue weighted by molar-refractivity contribution is 0.0564. The van der Waals surface area contributed by atoms with Gasteiger partial charge in [0.15, 0.2) is 0 Å². The smallest absolute Gasteiger partial charge is 0.336 e. The molecule has 0 radical (unpaired) electrons. The number of rotatable bonds is 5. The number of carbonyl (C=O) groups is 1. The first-order valence-corrected chi connectivity index (χ1v) is 9.38. The van der Waals surface area contributed by atoms with Gasteiger partial charge in [0.25, 0.3) is 0 Å². The Kier molecular flexibility index (Phi) is 6.20. The van der Waals surface area contributed by atoms with Gasteiger partial charge in [-0.05, 0) is 67.2 Å². The molecule has 0 saturated carbocycles. The Hall–Kier alpha value is -1.59. The van der Waals surface area contributed by atoms with Gasteiger partial charge in [-0.2, -0.15) is 0 Å². The van der Waals surface area contributed by atoms with Gasteiger partial charge in [-0.3, -0.25) is 4.90 Å². The van der Waals surface area contributed by atoms with Gasteiger partial charge >= 0.3 is 5.97 Å². The van der Waals surface area contributed by atoms with Gasteiger partial charge in [-0.25, -0.2) is 4.79 Å². The average Bonchev–Trinajstić information content (AvgIpc) is 2.64. The summed E-state index contributed by atoms with van der Waals surface area (Å²) in [6, 6.07) is 12.3. The van der Waals surface area contributed by atoms with Crippen LogP contribution in [0.5, 0.6) is 0 Å². The number of carboxylic acid groups (broad SMARTS) is 1. The third-order valence-electron chi connectivity index (χ3n) is 5.02. The summed E-state index contributed by atoms with van der Waals surface area (Å²) in [4.78, 5) is 13.6. The molecule has 2 aromatic rings. The fraction of sp³-hybridized carbons (Fsp3) is 0.350. The third kappa shape index (κ3) is 4.38. The number of hydrogen-bond donors (Lipinski definition) is 2. The lowest BCUT2D eigenvalue weighted by atomic mass is 9.87. The molecule has 4 nitrogen and oxygen atoms in total. The number of hydrogen-bond acceptors (Lipinski definition) is 3. The van der Waals surface area contributed by atoms with Crippen molar-refractivity contribution in [1.29, 1.82) is 0 Å². The summed E-state index contributed by atoms with van der Waals surface area (Å²) in [5, 5.41) is 21.1. The molecule has 1 fully saturated rings. The maximum atomic E-state index is 11.4. The molecule has 1 unspecified atom stereocenters. The Labute approximate surface area is 163 Å². The lowest BCUT2D eigenvalue weighted by Crippen LogP contribution is -2.35. The van der Waals surface area contributed by atoms with E-state index in [4.69, 9.17) is 23.2 Å². The van der Waals surface area contributed by atoms with Crippen LogP contribution in [0.2, 0.25) is 10.0 Å². The maximum absolute atomic E-state index is 11.4. The molecule has 1 heterocycles. The summed E-state index contributed by atoms with van der Waals surface area (Å²) in [5.41, 5.74) is 1.78. The van der Waals surface area contributed by atoms with Crippen molar-refractivity contribution in [3.05, 3.63) is 69.2 Å². The highest BCUT2D eigenvalue weighted by atomic mass is 35.5. The van der Waals surface area contributed by atoms with Crippen LogP contribution in [0.3, 0.4) is 0 Å². The third-order valence-corrected chi connectivity index (χ3v) is 5.63. The summed E-state index contributed by atoms with van der Waals surface area (Å²) in [6.07, 6.45) is 1.18. The number of nitrogens with zero attached hydrogens (tertiary/aromatic N) is 1. The standard InChI is InChI=1S/C20H21Cl2NO3/c21-15-6-4-13(5-7-15)19(24)14-8-10-23(11-9-14)12-17-16(20(25)26)2-1-3-18(17)22/h1-7,14,19,24H,8-12H2,(H,25,26). The molecule has 138 valence electrons. The number of piperidine rings is 1. The van der Waals surface area contributed by atoms with E-state index in [1.807, 2.05) is 12.1 Å². The van der Waals surface area contributed by atoms with Crippen LogP contribution < -0.4 is 0 Å². The van der Waals surface area contributed by atoms with Crippen LogP contribution in [0, 0.1) is 5.92 Å². The fourth-order valence-electron chi connectivity index (χ4n) is 3.50. The van der Waals surface area contributed by atoms with E-state index in [1.165, 1.54) is 0 Å². The largest absolute Gasteiger partial charge is 0.478 e. The van der Waals surface area contributed by atoms with Crippen molar-refractivity contribution in [2.75, 3.05) is 13.1 Å². The van der Waals surface area contributed by atoms with Gasteiger partial charge in [0.1, 0.15) is 0 Å². The second-order valence-corrected chi connectivity index (χ2v) is 7.52. The van der Waals surface area contributed by atoms with Crippen molar-refractivity contribution < 1.29 is 15.0 Å². The number of likely N-dealkylation sites (tertiary alicyclic amines) is 1. The minimum absolute atomic E-state index is 0.178. The van der Waals surface area contributed by atoms with Crippen molar-refractivity contribution >= 4 is 29.2 Å². The number of aliphatic hydroxyl groups excluding tert-OH is 1. The van der Waals surface area contributed by atoms with Crippen LogP contribution in [0.25, 0.3) is 0 Å². The van der Waals surface area contributed by atoms with E-state index in [0.29, 0.717) is 22.2 Å². The van der Waals surface area contributed by atoms with Crippen molar-refractivity contribution in [2.24, 2.45) is 5.92 Å². The van der Waals surface area contributed by atoms with Gasteiger partial charge in [-0.15, -0.1) is 0 Å². The maximum Gasteiger partial charge on any atom is 0.336 e. The van der Waals surface area contributed by atoms with E-state index in [2.05, 4.69) is 4.90 Å². The highest BCUT2D eigenvalue weighted by molar-refractivity contribution is 6.31. The van der Waals surface area contributed by atoms with Crippen molar-refractivity contribution in [3.8, 4) is 0 Å². The zero-order chi connectivity index (χ0) is 18.7. The Morgan fingerprint density at radius 2 is 1.77 bits per heavy atom. The zero-order valence-electron chi connectivity index (χ0n) is 14.2. The van der Waals surface area contributed by atoms with Gasteiger partial charge in [-0.1, -0.05) is 41.4 Å². The van der Waals surface area contributed by atoms with E-state index in [9.17, 15) is 15.0 Å². The first kappa shape index (κ1) is 19.2. The Morgan fingerprint density at radius 3 is 2.38 bits per heavy atom. The predicted octanol–water partition coefficient (Wildman–Crippen LogP) is 4.64. The molecule has 1 atom stereocenters. The molecule has 1 aliphatic rings. The van der Waals surface area contributed by atoms with Crippen LogP contribution in [-0.4, -0.2) is 34.2 Å². The van der Waals surface area contributed by atoms with Crippen molar-refractivity contribution in [3.63, 3.8) is 0 Å². The average molecular weight is 394 g/mol. The monoisotopic (exact) mass is 393 g/mol. The quantitative estimate of drug-likeness (QED) is 0.776. The minimum Gasteiger partial charge on any atom is -0.478 e. The Bertz CT molecular complexity index is 771. The Balaban J connectivity index is 1.63. The summed E-state index contributed by atoms with van der Waals surface area (Å²) in [5.74, 6) is -0.784. The highest BCUT2D eigenvalue weighted by Gasteiger charge is 2.27. The van der Waals surface area contributed by atoms with Gasteiger partial charge < -0.3 is 10.2 Å². The molecule has 2 N–H and O–H groups in total. The number of halogens is 2. The van der Waals surface area contributed by atoms with E-state index in [1.54, 1.807) is 30.3 Å². The summed E-state index contributed by atoms with van der Waals surface area (Å²) < 4.78 is 0. The lowest BCUT2D eigenvalue weighted by Gasteiger charge is -2.34. The van der Waals surface area contributed by atoms with E-state index in [-0.39, 0.29) is 11.5 Å². The van der Waals surface area contributed by atoms with Crippen LogP contribution in [0.15, 0.2) is 42.5 Å². The van der Waals surface area contributed by atoms with Crippen molar-refractivity contribution in [2.45, 2.75) is 25.5 Å². The number of carboxylic acids is 1. The van der Waals surface area contributed by atoms with Gasteiger partial charge in [0.05, 0.1) is 11.7 Å². The van der Waals surface area contributed by atoms with Crippen LogP contribution in [0.1, 0.15) is 40.4 Å². The topological polar surface area (TPSA) is 60.8 Å². The second-order valence-electron chi connectivity index (χ2n) is 6.68. The molecule has 3 rings (SSSR count). The normalized spacial score (nSPS) is 17.2. The van der Waals surface area contributed by atoms with Crippen molar-refractivity contribution in [1.82, 2.24) is 4.90 Å². The molecule has 0 amide bonds. The first-order chi connectivity index (χ1) is 12.5. The van der Waals surface area contributed by atoms with E-state index >= 15 is 0 Å². The number of aromatic carboxylic acids is 1. The van der Waals surface area contributed by atoms with Crippen LogP contribution in [0.4, 0.5) is 0 Å². The molecule has 26 heavy (non-hydrogen) atoms. The molecular weight excluding hydrogens is 373 g/mol. The van der Waals surface area contributed by atoms with Gasteiger partial charge in [0.2, 0.25) is 0 Å². The van der Waals surface area contributed by atoms with E-state index in [0.717, 1.165) is 31.5 Å². The van der Waals surface area contributed by atoms with E-state index < -0.39 is 12.1 Å². The highest BCUT2D eigenvalue weighted by Crippen LogP contribution is 2.32. The van der Waals surface area contributed by atoms with Gasteiger partial charge in [0, 0.05) is 16.6 Å². The second kappa shape index (κ2) is 8.40. The molecule has 2 aromatic carbocycles. The molecule has 0 bridgehead atoms. The zero-order valence-corrected chi connectivity index (χ0v) is 15.7. The molecular formula is C20H21Cl2NO3. The first-order valence-electron chi connectivity index (χ1n) is 8.62. The summed E-state index contributed by atoms with van der Waals surface area (Å²) >= 11 is 12.1. The minimum atomic E-state index is -0.962. The summed E-state index contributed by atoms with van der Waals surface area (Å²) in [6.45, 7) is 2.09.